The number of rotatable bonds is 13. The predicted molar refractivity (Wildman–Crippen MR) is 84.7 cm³/mol. The fraction of sp³-hybridized carbons (Fsp3) is 0.857. The molecule has 0 aliphatic carbocycles. The number of hydrogen-bond acceptors (Lipinski definition) is 6. The number of carboxylic acid groups (broad SMARTS) is 1. The highest BCUT2D eigenvalue weighted by Gasteiger charge is 2.24. The standard InChI is InChI=1S/C14H27NO6S/c1-10(18)15-11(14(20)21)9-22-13(6-8-17)12(19)5-3-2-4-7-16/h11-13,16-17,19H,2-9H2,1H3,(H,15,18)(H,20,21). The molecular formula is C14H27NO6S. The fourth-order valence-electron chi connectivity index (χ4n) is 1.98. The van der Waals surface area contributed by atoms with Crippen LogP contribution in [0.15, 0.2) is 0 Å². The third-order valence-corrected chi connectivity index (χ3v) is 4.66. The van der Waals surface area contributed by atoms with Gasteiger partial charge in [-0.05, 0) is 19.3 Å². The quantitative estimate of drug-likeness (QED) is 0.299. The van der Waals surface area contributed by atoms with E-state index < -0.39 is 24.0 Å². The van der Waals surface area contributed by atoms with Gasteiger partial charge in [-0.15, -0.1) is 0 Å². The molecular weight excluding hydrogens is 310 g/mol. The van der Waals surface area contributed by atoms with Crippen molar-refractivity contribution in [2.45, 2.75) is 56.4 Å². The minimum Gasteiger partial charge on any atom is -0.480 e. The fourth-order valence-corrected chi connectivity index (χ4v) is 3.28. The Morgan fingerprint density at radius 2 is 1.77 bits per heavy atom. The number of aliphatic carboxylic acids is 1. The molecule has 3 atom stereocenters. The van der Waals surface area contributed by atoms with Gasteiger partial charge in [0, 0.05) is 31.1 Å². The first-order valence-electron chi connectivity index (χ1n) is 7.43. The van der Waals surface area contributed by atoms with Gasteiger partial charge in [-0.3, -0.25) is 4.79 Å². The zero-order valence-corrected chi connectivity index (χ0v) is 13.7. The van der Waals surface area contributed by atoms with Crippen LogP contribution in [0.2, 0.25) is 0 Å². The third-order valence-electron chi connectivity index (χ3n) is 3.15. The van der Waals surface area contributed by atoms with Crippen molar-refractivity contribution in [3.8, 4) is 0 Å². The number of thioether (sulfide) groups is 1. The Kier molecular flexibility index (Phi) is 12.2. The zero-order valence-electron chi connectivity index (χ0n) is 12.9. The van der Waals surface area contributed by atoms with E-state index in [4.69, 9.17) is 15.3 Å². The van der Waals surface area contributed by atoms with Gasteiger partial charge in [-0.25, -0.2) is 4.79 Å². The number of unbranched alkanes of at least 4 members (excludes halogenated alkanes) is 2. The molecule has 3 unspecified atom stereocenters. The van der Waals surface area contributed by atoms with E-state index in [1.165, 1.54) is 18.7 Å². The lowest BCUT2D eigenvalue weighted by Crippen LogP contribution is -2.42. The third kappa shape index (κ3) is 9.99. The molecule has 0 aromatic carbocycles. The maximum Gasteiger partial charge on any atom is 0.327 e. The average Bonchev–Trinajstić information content (AvgIpc) is 2.45. The molecule has 0 rings (SSSR count). The van der Waals surface area contributed by atoms with E-state index in [0.717, 1.165) is 12.8 Å². The summed E-state index contributed by atoms with van der Waals surface area (Å²) in [6.07, 6.45) is 2.51. The largest absolute Gasteiger partial charge is 0.480 e. The Hall–Kier alpha value is -0.830. The van der Waals surface area contributed by atoms with E-state index in [0.29, 0.717) is 19.3 Å². The smallest absolute Gasteiger partial charge is 0.327 e. The lowest BCUT2D eigenvalue weighted by molar-refractivity contribution is -0.140. The lowest BCUT2D eigenvalue weighted by atomic mass is 10.1. The van der Waals surface area contributed by atoms with Crippen LogP contribution >= 0.6 is 11.8 Å². The molecule has 5 N–H and O–H groups in total. The van der Waals surface area contributed by atoms with Crippen LogP contribution in [0.3, 0.4) is 0 Å². The molecule has 0 spiro atoms. The molecule has 8 heteroatoms. The topological polar surface area (TPSA) is 127 Å². The number of nitrogens with one attached hydrogen (secondary N) is 1. The first-order chi connectivity index (χ1) is 10.4. The SMILES string of the molecule is CC(=O)NC(CSC(CCO)C(O)CCCCCO)C(=O)O. The van der Waals surface area contributed by atoms with E-state index >= 15 is 0 Å². The Labute approximate surface area is 135 Å². The Balaban J connectivity index is 4.35. The highest BCUT2D eigenvalue weighted by atomic mass is 32.2. The van der Waals surface area contributed by atoms with Gasteiger partial charge < -0.3 is 25.7 Å². The number of hydrogen-bond donors (Lipinski definition) is 5. The highest BCUT2D eigenvalue weighted by molar-refractivity contribution is 8.00. The first-order valence-corrected chi connectivity index (χ1v) is 8.48. The van der Waals surface area contributed by atoms with Crippen LogP contribution in [0.1, 0.15) is 39.0 Å². The van der Waals surface area contributed by atoms with Gasteiger partial charge in [0.15, 0.2) is 0 Å². The molecule has 7 nitrogen and oxygen atoms in total. The lowest BCUT2D eigenvalue weighted by Gasteiger charge is -2.23. The summed E-state index contributed by atoms with van der Waals surface area (Å²) in [4.78, 5) is 22.0. The van der Waals surface area contributed by atoms with Crippen LogP contribution < -0.4 is 5.32 Å². The van der Waals surface area contributed by atoms with Crippen LogP contribution in [0, 0.1) is 0 Å². The molecule has 0 radical (unpaired) electrons. The molecule has 0 aliphatic rings. The van der Waals surface area contributed by atoms with Crippen molar-refractivity contribution in [1.29, 1.82) is 0 Å². The Morgan fingerprint density at radius 1 is 1.09 bits per heavy atom. The van der Waals surface area contributed by atoms with Crippen molar-refractivity contribution in [1.82, 2.24) is 5.32 Å². The highest BCUT2D eigenvalue weighted by Crippen LogP contribution is 2.23. The van der Waals surface area contributed by atoms with E-state index in [1.54, 1.807) is 0 Å². The van der Waals surface area contributed by atoms with Crippen LogP contribution in [-0.2, 0) is 9.59 Å². The van der Waals surface area contributed by atoms with Gasteiger partial charge in [0.1, 0.15) is 6.04 Å². The molecule has 0 aromatic rings. The molecule has 130 valence electrons. The summed E-state index contributed by atoms with van der Waals surface area (Å²) in [5.74, 6) is -1.41. The van der Waals surface area contributed by atoms with E-state index in [2.05, 4.69) is 5.32 Å². The number of carbonyl (C=O) groups is 2. The molecule has 0 aromatic heterocycles. The first kappa shape index (κ1) is 21.2. The van der Waals surface area contributed by atoms with Crippen molar-refractivity contribution in [3.05, 3.63) is 0 Å². The summed E-state index contributed by atoms with van der Waals surface area (Å²) in [7, 11) is 0. The van der Waals surface area contributed by atoms with Crippen molar-refractivity contribution in [2.75, 3.05) is 19.0 Å². The van der Waals surface area contributed by atoms with Gasteiger partial charge in [0.05, 0.1) is 6.10 Å². The second kappa shape index (κ2) is 12.7. The maximum absolute atomic E-state index is 11.1. The Bertz CT molecular complexity index is 328. The number of carbonyl (C=O) groups excluding carboxylic acids is 1. The average molecular weight is 337 g/mol. The second-order valence-electron chi connectivity index (χ2n) is 5.12. The molecule has 1 amide bonds. The molecule has 0 aliphatic heterocycles. The summed E-state index contributed by atoms with van der Waals surface area (Å²) < 4.78 is 0. The molecule has 0 heterocycles. The zero-order chi connectivity index (χ0) is 17.0. The summed E-state index contributed by atoms with van der Waals surface area (Å²) in [6.45, 7) is 1.28. The normalized spacial score (nSPS) is 15.1. The van der Waals surface area contributed by atoms with Crippen LogP contribution in [0.4, 0.5) is 0 Å². The second-order valence-corrected chi connectivity index (χ2v) is 6.39. The summed E-state index contributed by atoms with van der Waals surface area (Å²) >= 11 is 1.24. The van der Waals surface area contributed by atoms with E-state index in [9.17, 15) is 14.7 Å². The molecule has 22 heavy (non-hydrogen) atoms. The van der Waals surface area contributed by atoms with Crippen molar-refractivity contribution >= 4 is 23.6 Å². The Morgan fingerprint density at radius 3 is 2.27 bits per heavy atom. The van der Waals surface area contributed by atoms with Gasteiger partial charge in [0.2, 0.25) is 5.91 Å². The van der Waals surface area contributed by atoms with Crippen molar-refractivity contribution in [3.63, 3.8) is 0 Å². The van der Waals surface area contributed by atoms with E-state index in [1.807, 2.05) is 0 Å². The molecule has 0 saturated heterocycles. The number of aliphatic hydroxyl groups excluding tert-OH is 3. The van der Waals surface area contributed by atoms with Crippen LogP contribution in [-0.4, -0.2) is 68.7 Å². The molecule has 0 saturated carbocycles. The summed E-state index contributed by atoms with van der Waals surface area (Å²) in [6, 6.07) is -1.01. The minimum atomic E-state index is -1.12. The van der Waals surface area contributed by atoms with Crippen LogP contribution in [0.25, 0.3) is 0 Å². The monoisotopic (exact) mass is 337 g/mol. The molecule has 0 fully saturated rings. The van der Waals surface area contributed by atoms with Crippen LogP contribution in [0.5, 0.6) is 0 Å². The molecule has 0 bridgehead atoms. The van der Waals surface area contributed by atoms with Gasteiger partial charge in [-0.1, -0.05) is 12.8 Å². The number of carboxylic acids is 1. The minimum absolute atomic E-state index is 0.0940. The summed E-state index contributed by atoms with van der Waals surface area (Å²) in [5, 5.41) is 39.0. The maximum atomic E-state index is 11.1. The van der Waals surface area contributed by atoms with Gasteiger partial charge >= 0.3 is 5.97 Å². The van der Waals surface area contributed by atoms with Gasteiger partial charge in [-0.2, -0.15) is 11.8 Å². The number of amides is 1. The van der Waals surface area contributed by atoms with E-state index in [-0.39, 0.29) is 24.2 Å². The van der Waals surface area contributed by atoms with Gasteiger partial charge in [0.25, 0.3) is 0 Å². The summed E-state index contributed by atoms with van der Waals surface area (Å²) in [5.41, 5.74) is 0. The van der Waals surface area contributed by atoms with Crippen molar-refractivity contribution < 1.29 is 30.0 Å². The number of aliphatic hydroxyl groups is 3. The van der Waals surface area contributed by atoms with Crippen molar-refractivity contribution in [2.24, 2.45) is 0 Å². The predicted octanol–water partition coefficient (Wildman–Crippen LogP) is -0.0265.